The highest BCUT2D eigenvalue weighted by Gasteiger charge is 2.27. The number of nitrogens with one attached hydrogen (secondary N) is 1. The number of hydrogen-bond donors (Lipinski definition) is 3. The number of carbonyl (C=O) groups is 2. The minimum atomic E-state index is -0.557. The van der Waals surface area contributed by atoms with Crippen LogP contribution in [0, 0.1) is 0 Å². The van der Waals surface area contributed by atoms with Crippen molar-refractivity contribution in [3.05, 3.63) is 35.9 Å². The summed E-state index contributed by atoms with van der Waals surface area (Å²) < 4.78 is 0. The Morgan fingerprint density at radius 2 is 2.00 bits per heavy atom. The molecule has 1 aliphatic heterocycles. The zero-order valence-electron chi connectivity index (χ0n) is 12.7. The summed E-state index contributed by atoms with van der Waals surface area (Å²) in [5.74, 6) is 0.0346. The van der Waals surface area contributed by atoms with E-state index in [1.54, 1.807) is 0 Å². The lowest BCUT2D eigenvalue weighted by Gasteiger charge is -2.36. The molecule has 0 aromatic heterocycles. The summed E-state index contributed by atoms with van der Waals surface area (Å²) >= 11 is 0. The van der Waals surface area contributed by atoms with Gasteiger partial charge in [0, 0.05) is 31.6 Å². The van der Waals surface area contributed by atoms with Gasteiger partial charge in [-0.05, 0) is 24.8 Å². The van der Waals surface area contributed by atoms with Crippen LogP contribution in [0.5, 0.6) is 0 Å². The molecule has 0 spiro atoms. The lowest BCUT2D eigenvalue weighted by Crippen LogP contribution is -2.50. The highest BCUT2D eigenvalue weighted by Crippen LogP contribution is 2.21. The fourth-order valence-electron chi connectivity index (χ4n) is 2.88. The molecule has 2 rings (SSSR count). The van der Waals surface area contributed by atoms with Gasteiger partial charge in [-0.25, -0.2) is 4.79 Å². The molecule has 2 unspecified atom stereocenters. The molecule has 1 aliphatic rings. The number of primary amides is 1. The van der Waals surface area contributed by atoms with Gasteiger partial charge in [-0.3, -0.25) is 4.79 Å². The zero-order valence-corrected chi connectivity index (χ0v) is 12.7. The van der Waals surface area contributed by atoms with Gasteiger partial charge in [-0.1, -0.05) is 30.3 Å². The van der Waals surface area contributed by atoms with E-state index in [0.29, 0.717) is 13.1 Å². The maximum absolute atomic E-state index is 12.5. The summed E-state index contributed by atoms with van der Waals surface area (Å²) in [5, 5.41) is 2.60. The Labute approximate surface area is 130 Å². The molecule has 6 heteroatoms. The van der Waals surface area contributed by atoms with Gasteiger partial charge >= 0.3 is 6.03 Å². The number of carbonyl (C=O) groups excluding carboxylic acids is 2. The van der Waals surface area contributed by atoms with Crippen molar-refractivity contribution < 1.29 is 9.59 Å². The molecule has 1 saturated heterocycles. The molecular formula is C16H24N4O2. The van der Waals surface area contributed by atoms with Gasteiger partial charge in [0.05, 0.1) is 0 Å². The second kappa shape index (κ2) is 7.79. The van der Waals surface area contributed by atoms with Gasteiger partial charge < -0.3 is 21.7 Å². The summed E-state index contributed by atoms with van der Waals surface area (Å²) in [6, 6.07) is 8.77. The van der Waals surface area contributed by atoms with Crippen LogP contribution in [0.4, 0.5) is 4.79 Å². The second-order valence-electron chi connectivity index (χ2n) is 5.70. The number of nitrogens with zero attached hydrogens (tertiary/aromatic N) is 1. The van der Waals surface area contributed by atoms with Gasteiger partial charge in [0.2, 0.25) is 5.91 Å². The molecule has 120 valence electrons. The van der Waals surface area contributed by atoms with Crippen molar-refractivity contribution in [2.24, 2.45) is 11.5 Å². The molecule has 0 aliphatic carbocycles. The third-order valence-corrected chi connectivity index (χ3v) is 4.08. The average Bonchev–Trinajstić information content (AvgIpc) is 2.54. The molecule has 3 amide bonds. The molecule has 5 N–H and O–H groups in total. The number of hydrogen-bond acceptors (Lipinski definition) is 3. The number of urea groups is 1. The fourth-order valence-corrected chi connectivity index (χ4v) is 2.88. The normalized spacial score (nSPS) is 19.5. The van der Waals surface area contributed by atoms with E-state index < -0.39 is 6.03 Å². The zero-order chi connectivity index (χ0) is 15.9. The maximum atomic E-state index is 12.5. The van der Waals surface area contributed by atoms with Crippen molar-refractivity contribution in [2.75, 3.05) is 13.1 Å². The molecule has 2 atom stereocenters. The Bertz CT molecular complexity index is 506. The van der Waals surface area contributed by atoms with E-state index in [4.69, 9.17) is 11.5 Å². The van der Waals surface area contributed by atoms with E-state index in [1.807, 2.05) is 35.2 Å². The van der Waals surface area contributed by atoms with Crippen LogP contribution < -0.4 is 16.8 Å². The quantitative estimate of drug-likeness (QED) is 0.760. The minimum absolute atomic E-state index is 0.0109. The number of amides is 3. The first-order valence-corrected chi connectivity index (χ1v) is 7.71. The third kappa shape index (κ3) is 4.46. The number of rotatable bonds is 5. The Hall–Kier alpha value is -2.08. The minimum Gasteiger partial charge on any atom is -0.352 e. The largest absolute Gasteiger partial charge is 0.352 e. The summed E-state index contributed by atoms with van der Waals surface area (Å²) in [5.41, 5.74) is 12.2. The Balaban J connectivity index is 1.95. The first-order valence-electron chi connectivity index (χ1n) is 7.71. The molecule has 0 saturated carbocycles. The van der Waals surface area contributed by atoms with Crippen molar-refractivity contribution in [2.45, 2.75) is 37.8 Å². The van der Waals surface area contributed by atoms with Crippen LogP contribution >= 0.6 is 0 Å². The van der Waals surface area contributed by atoms with Crippen LogP contribution in [0.1, 0.15) is 37.3 Å². The Morgan fingerprint density at radius 1 is 1.27 bits per heavy atom. The van der Waals surface area contributed by atoms with Crippen molar-refractivity contribution >= 4 is 11.9 Å². The van der Waals surface area contributed by atoms with E-state index in [-0.39, 0.29) is 24.4 Å². The molecule has 1 aromatic rings. The topological polar surface area (TPSA) is 101 Å². The smallest absolute Gasteiger partial charge is 0.312 e. The van der Waals surface area contributed by atoms with E-state index in [0.717, 1.165) is 24.8 Å². The molecule has 0 radical (unpaired) electrons. The van der Waals surface area contributed by atoms with E-state index in [1.165, 1.54) is 0 Å². The average molecular weight is 304 g/mol. The lowest BCUT2D eigenvalue weighted by molar-refractivity contribution is -0.135. The standard InChI is InChI=1S/C16H24N4O2/c17-14(12-6-2-1-3-7-12)10-15(21)20-9-5-4-8-13(20)11-19-16(18)22/h1-3,6-7,13-14H,4-5,8-11,17H2,(H3,18,19,22). The predicted molar refractivity (Wildman–Crippen MR) is 84.9 cm³/mol. The SMILES string of the molecule is NC(=O)NCC1CCCCN1C(=O)CC(N)c1ccccc1. The second-order valence-corrected chi connectivity index (χ2v) is 5.70. The van der Waals surface area contributed by atoms with Crippen molar-refractivity contribution in [3.8, 4) is 0 Å². The third-order valence-electron chi connectivity index (χ3n) is 4.08. The molecule has 1 heterocycles. The molecule has 6 nitrogen and oxygen atoms in total. The Morgan fingerprint density at radius 3 is 2.68 bits per heavy atom. The van der Waals surface area contributed by atoms with Gasteiger partial charge in [0.1, 0.15) is 0 Å². The van der Waals surface area contributed by atoms with Crippen molar-refractivity contribution in [1.29, 1.82) is 0 Å². The van der Waals surface area contributed by atoms with Crippen LogP contribution in [0.2, 0.25) is 0 Å². The molecule has 1 aromatic carbocycles. The molecule has 1 fully saturated rings. The van der Waals surface area contributed by atoms with Crippen LogP contribution in [0.15, 0.2) is 30.3 Å². The summed E-state index contributed by atoms with van der Waals surface area (Å²) in [6.07, 6.45) is 3.20. The van der Waals surface area contributed by atoms with Gasteiger partial charge in [0.15, 0.2) is 0 Å². The predicted octanol–water partition coefficient (Wildman–Crippen LogP) is 1.13. The Kier molecular flexibility index (Phi) is 5.77. The van der Waals surface area contributed by atoms with E-state index in [2.05, 4.69) is 5.32 Å². The summed E-state index contributed by atoms with van der Waals surface area (Å²) in [6.45, 7) is 1.12. The maximum Gasteiger partial charge on any atom is 0.312 e. The van der Waals surface area contributed by atoms with Crippen LogP contribution in [0.25, 0.3) is 0 Å². The number of piperidine rings is 1. The summed E-state index contributed by atoms with van der Waals surface area (Å²) in [7, 11) is 0. The fraction of sp³-hybridized carbons (Fsp3) is 0.500. The highest BCUT2D eigenvalue weighted by molar-refractivity contribution is 5.77. The van der Waals surface area contributed by atoms with Crippen molar-refractivity contribution in [1.82, 2.24) is 10.2 Å². The van der Waals surface area contributed by atoms with E-state index >= 15 is 0 Å². The van der Waals surface area contributed by atoms with Gasteiger partial charge in [0.25, 0.3) is 0 Å². The van der Waals surface area contributed by atoms with Crippen LogP contribution in [-0.2, 0) is 4.79 Å². The van der Waals surface area contributed by atoms with E-state index in [9.17, 15) is 9.59 Å². The highest BCUT2D eigenvalue weighted by atomic mass is 16.2. The molecular weight excluding hydrogens is 280 g/mol. The van der Waals surface area contributed by atoms with Gasteiger partial charge in [-0.15, -0.1) is 0 Å². The van der Waals surface area contributed by atoms with Crippen LogP contribution in [0.3, 0.4) is 0 Å². The summed E-state index contributed by atoms with van der Waals surface area (Å²) in [4.78, 5) is 25.2. The van der Waals surface area contributed by atoms with Crippen LogP contribution in [-0.4, -0.2) is 36.0 Å². The number of nitrogens with two attached hydrogens (primary N) is 2. The number of likely N-dealkylation sites (tertiary alicyclic amines) is 1. The first-order chi connectivity index (χ1) is 10.6. The monoisotopic (exact) mass is 304 g/mol. The van der Waals surface area contributed by atoms with Gasteiger partial charge in [-0.2, -0.15) is 0 Å². The lowest BCUT2D eigenvalue weighted by atomic mass is 9.99. The van der Waals surface area contributed by atoms with Crippen molar-refractivity contribution in [3.63, 3.8) is 0 Å². The first kappa shape index (κ1) is 16.3. The number of benzene rings is 1. The molecule has 0 bridgehead atoms. The molecule has 22 heavy (non-hydrogen) atoms.